The molecule has 0 bridgehead atoms. The number of benzene rings is 4. The van der Waals surface area contributed by atoms with Crippen molar-refractivity contribution in [2.24, 2.45) is 0 Å². The Labute approximate surface area is 214 Å². The van der Waals surface area contributed by atoms with E-state index in [0.717, 1.165) is 27.8 Å². The van der Waals surface area contributed by atoms with Gasteiger partial charge in [-0.1, -0.05) is 60.7 Å². The highest BCUT2D eigenvalue weighted by molar-refractivity contribution is 5.95. The molecule has 0 atom stereocenters. The Morgan fingerprint density at radius 1 is 0.649 bits per heavy atom. The summed E-state index contributed by atoms with van der Waals surface area (Å²) in [6, 6.07) is 30.1. The fraction of sp³-hybridized carbons (Fsp3) is 0.129. The van der Waals surface area contributed by atoms with Crippen LogP contribution < -0.4 is 24.6 Å². The predicted octanol–water partition coefficient (Wildman–Crippen LogP) is 6.64. The van der Waals surface area contributed by atoms with Gasteiger partial charge in [-0.15, -0.1) is 0 Å². The highest BCUT2D eigenvalue weighted by atomic mass is 16.5. The highest BCUT2D eigenvalue weighted by Gasteiger charge is 2.18. The molecule has 4 aromatic carbocycles. The van der Waals surface area contributed by atoms with Crippen molar-refractivity contribution >= 4 is 11.0 Å². The molecule has 0 fully saturated rings. The van der Waals surface area contributed by atoms with Gasteiger partial charge in [-0.3, -0.25) is 0 Å². The van der Waals surface area contributed by atoms with Gasteiger partial charge in [0, 0.05) is 17.0 Å². The maximum atomic E-state index is 12.7. The highest BCUT2D eigenvalue weighted by Crippen LogP contribution is 2.36. The number of methoxy groups -OCH3 is 2. The van der Waals surface area contributed by atoms with Crippen molar-refractivity contribution in [1.29, 1.82) is 0 Å². The van der Waals surface area contributed by atoms with Crippen LogP contribution in [0, 0.1) is 0 Å². The molecule has 5 aromatic rings. The van der Waals surface area contributed by atoms with Gasteiger partial charge in [-0.25, -0.2) is 4.79 Å². The van der Waals surface area contributed by atoms with E-state index >= 15 is 0 Å². The van der Waals surface area contributed by atoms with Crippen molar-refractivity contribution in [3.63, 3.8) is 0 Å². The van der Waals surface area contributed by atoms with Crippen molar-refractivity contribution in [2.45, 2.75) is 13.2 Å². The molecular weight excluding hydrogens is 468 g/mol. The van der Waals surface area contributed by atoms with E-state index in [1.54, 1.807) is 14.2 Å². The molecule has 1 aromatic heterocycles. The van der Waals surface area contributed by atoms with Gasteiger partial charge in [-0.05, 0) is 41.5 Å². The third-order valence-electron chi connectivity index (χ3n) is 6.07. The summed E-state index contributed by atoms with van der Waals surface area (Å²) in [5, 5.41) is 0.786. The molecule has 6 nitrogen and oxygen atoms in total. The quantitative estimate of drug-likeness (QED) is 0.214. The van der Waals surface area contributed by atoms with Crippen molar-refractivity contribution < 1.29 is 23.4 Å². The topological polar surface area (TPSA) is 67.1 Å². The molecule has 1 heterocycles. The molecule has 0 amide bonds. The zero-order valence-electron chi connectivity index (χ0n) is 20.6. The van der Waals surface area contributed by atoms with Gasteiger partial charge in [0.25, 0.3) is 0 Å². The van der Waals surface area contributed by atoms with Gasteiger partial charge >= 0.3 is 5.63 Å². The third-order valence-corrected chi connectivity index (χ3v) is 6.07. The Hall–Kier alpha value is -4.71. The van der Waals surface area contributed by atoms with Crippen LogP contribution in [0.3, 0.4) is 0 Å². The molecule has 0 N–H and O–H groups in total. The second kappa shape index (κ2) is 10.9. The zero-order valence-corrected chi connectivity index (χ0v) is 20.6. The minimum absolute atomic E-state index is 0.0974. The lowest BCUT2D eigenvalue weighted by atomic mass is 10.00. The van der Waals surface area contributed by atoms with Crippen molar-refractivity contribution in [3.05, 3.63) is 119 Å². The molecule has 0 aliphatic carbocycles. The Balaban J connectivity index is 1.60. The minimum atomic E-state index is -0.452. The first-order valence-electron chi connectivity index (χ1n) is 11.8. The third kappa shape index (κ3) is 5.14. The largest absolute Gasteiger partial charge is 0.496 e. The molecular formula is C31H26O6. The number of hydrogen-bond acceptors (Lipinski definition) is 6. The van der Waals surface area contributed by atoms with E-state index in [-0.39, 0.29) is 13.2 Å². The van der Waals surface area contributed by atoms with Crippen LogP contribution >= 0.6 is 0 Å². The van der Waals surface area contributed by atoms with Crippen LogP contribution in [0.25, 0.3) is 22.1 Å². The maximum absolute atomic E-state index is 12.7. The Bertz CT molecular complexity index is 1570. The minimum Gasteiger partial charge on any atom is -0.496 e. The standard InChI is InChI=1S/C31H26O6/c1-33-26-13-7-6-12-22(26)19-35-27-17-16-23-24(21-10-4-3-5-11-21)18-30(32)37-31(23)25(27)20-36-29-15-9-8-14-28(29)34-2/h3-18H,19-20H2,1-2H3. The van der Waals surface area contributed by atoms with Crippen molar-refractivity contribution in [2.75, 3.05) is 14.2 Å². The molecule has 0 radical (unpaired) electrons. The summed E-state index contributed by atoms with van der Waals surface area (Å²) in [7, 11) is 3.22. The van der Waals surface area contributed by atoms with Crippen LogP contribution in [-0.4, -0.2) is 14.2 Å². The van der Waals surface area contributed by atoms with Crippen molar-refractivity contribution in [1.82, 2.24) is 0 Å². The summed E-state index contributed by atoms with van der Waals surface area (Å²) in [5.41, 5.74) is 3.17. The first kappa shape index (κ1) is 24.0. The van der Waals surface area contributed by atoms with E-state index in [1.807, 2.05) is 91.0 Å². The van der Waals surface area contributed by atoms with E-state index in [2.05, 4.69) is 0 Å². The lowest BCUT2D eigenvalue weighted by molar-refractivity contribution is 0.261. The normalized spacial score (nSPS) is 10.8. The maximum Gasteiger partial charge on any atom is 0.336 e. The van der Waals surface area contributed by atoms with E-state index < -0.39 is 5.63 Å². The van der Waals surface area contributed by atoms with Crippen LogP contribution in [0.5, 0.6) is 23.0 Å². The van der Waals surface area contributed by atoms with Crippen LogP contribution in [-0.2, 0) is 13.2 Å². The second-order valence-corrected chi connectivity index (χ2v) is 8.30. The fourth-order valence-electron chi connectivity index (χ4n) is 4.26. The number of hydrogen-bond donors (Lipinski definition) is 0. The summed E-state index contributed by atoms with van der Waals surface area (Å²) in [5.74, 6) is 2.44. The summed E-state index contributed by atoms with van der Waals surface area (Å²) in [4.78, 5) is 12.7. The summed E-state index contributed by atoms with van der Waals surface area (Å²) in [6.07, 6.45) is 0. The molecule has 37 heavy (non-hydrogen) atoms. The lowest BCUT2D eigenvalue weighted by Crippen LogP contribution is -2.07. The van der Waals surface area contributed by atoms with E-state index in [9.17, 15) is 4.79 Å². The van der Waals surface area contributed by atoms with Crippen LogP contribution in [0.1, 0.15) is 11.1 Å². The molecule has 6 heteroatoms. The molecule has 186 valence electrons. The molecule has 0 spiro atoms. The summed E-state index contributed by atoms with van der Waals surface area (Å²) in [6.45, 7) is 0.361. The molecule has 0 aliphatic rings. The van der Waals surface area contributed by atoms with Gasteiger partial charge in [0.15, 0.2) is 11.5 Å². The van der Waals surface area contributed by atoms with Crippen LogP contribution in [0.15, 0.2) is 106 Å². The van der Waals surface area contributed by atoms with Crippen molar-refractivity contribution in [3.8, 4) is 34.1 Å². The smallest absolute Gasteiger partial charge is 0.336 e. The monoisotopic (exact) mass is 494 g/mol. The molecule has 0 aliphatic heterocycles. The van der Waals surface area contributed by atoms with Gasteiger partial charge in [0.05, 0.1) is 19.8 Å². The van der Waals surface area contributed by atoms with Gasteiger partial charge in [0.2, 0.25) is 0 Å². The van der Waals surface area contributed by atoms with E-state index in [4.69, 9.17) is 23.4 Å². The average molecular weight is 495 g/mol. The number of ether oxygens (including phenoxy) is 4. The van der Waals surface area contributed by atoms with E-state index in [1.165, 1.54) is 6.07 Å². The lowest BCUT2D eigenvalue weighted by Gasteiger charge is -2.17. The van der Waals surface area contributed by atoms with Gasteiger partial charge < -0.3 is 23.4 Å². The first-order valence-corrected chi connectivity index (χ1v) is 11.8. The first-order chi connectivity index (χ1) is 18.2. The SMILES string of the molecule is COc1ccccc1COc1ccc2c(-c3ccccc3)cc(=O)oc2c1COc1ccccc1OC. The van der Waals surface area contributed by atoms with Gasteiger partial charge in [0.1, 0.15) is 30.3 Å². The zero-order chi connectivity index (χ0) is 25.6. The number of para-hydroxylation sites is 3. The molecule has 0 saturated carbocycles. The Morgan fingerprint density at radius 2 is 1.30 bits per heavy atom. The predicted molar refractivity (Wildman–Crippen MR) is 143 cm³/mol. The number of rotatable bonds is 9. The molecule has 0 unspecified atom stereocenters. The Morgan fingerprint density at radius 3 is 2.05 bits per heavy atom. The van der Waals surface area contributed by atoms with E-state index in [0.29, 0.717) is 28.4 Å². The summed E-state index contributed by atoms with van der Waals surface area (Å²) >= 11 is 0. The average Bonchev–Trinajstić information content (AvgIpc) is 2.95. The molecule has 0 saturated heterocycles. The number of fused-ring (bicyclic) bond motifs is 1. The van der Waals surface area contributed by atoms with Crippen LogP contribution in [0.4, 0.5) is 0 Å². The Kier molecular flexibility index (Phi) is 7.08. The summed E-state index contributed by atoms with van der Waals surface area (Å²) < 4.78 is 29.1. The molecule has 5 rings (SSSR count). The van der Waals surface area contributed by atoms with Crippen LogP contribution in [0.2, 0.25) is 0 Å². The van der Waals surface area contributed by atoms with Gasteiger partial charge in [-0.2, -0.15) is 0 Å². The fourth-order valence-corrected chi connectivity index (χ4v) is 4.26. The second-order valence-electron chi connectivity index (χ2n) is 8.30.